The average molecular weight is 682 g/mol. The fraction of sp³-hybridized carbons (Fsp3) is 0.0204. The predicted molar refractivity (Wildman–Crippen MR) is 219 cm³/mol. The second-order valence-electron chi connectivity index (χ2n) is 13.6. The molecule has 0 radical (unpaired) electrons. The zero-order valence-corrected chi connectivity index (χ0v) is 29.0. The SMILES string of the molecule is c1ccc(C2(c3ccccc3)c3ccccc3-c3c(N(c4cccc5c4sc4ccccc45)c4cccc5oc6ccccc6c45)cccc32)cc1. The fourth-order valence-electron chi connectivity index (χ4n) is 8.90. The lowest BCUT2D eigenvalue weighted by molar-refractivity contribution is 0.669. The van der Waals surface area contributed by atoms with Crippen LogP contribution >= 0.6 is 11.3 Å². The molecule has 0 fully saturated rings. The molecule has 1 aliphatic rings. The first-order valence-corrected chi connectivity index (χ1v) is 18.6. The molecule has 0 unspecified atom stereocenters. The Morgan fingerprint density at radius 3 is 1.83 bits per heavy atom. The Kier molecular flexibility index (Phi) is 6.37. The molecule has 244 valence electrons. The number of benzene rings is 8. The Labute approximate surface area is 305 Å². The molecule has 0 atom stereocenters. The third kappa shape index (κ3) is 4.00. The molecule has 11 rings (SSSR count). The summed E-state index contributed by atoms with van der Waals surface area (Å²) in [7, 11) is 0. The van der Waals surface area contributed by atoms with Crippen LogP contribution in [0.2, 0.25) is 0 Å². The monoisotopic (exact) mass is 681 g/mol. The van der Waals surface area contributed by atoms with Gasteiger partial charge in [-0.15, -0.1) is 11.3 Å². The van der Waals surface area contributed by atoms with Crippen LogP contribution in [-0.4, -0.2) is 0 Å². The van der Waals surface area contributed by atoms with E-state index in [4.69, 9.17) is 4.42 Å². The normalized spacial score (nSPS) is 13.2. The quantitative estimate of drug-likeness (QED) is 0.180. The Hall–Kier alpha value is -6.42. The summed E-state index contributed by atoms with van der Waals surface area (Å²) in [6, 6.07) is 68.5. The molecule has 8 aromatic carbocycles. The molecule has 0 aliphatic heterocycles. The van der Waals surface area contributed by atoms with Gasteiger partial charge < -0.3 is 9.32 Å². The Balaban J connectivity index is 1.30. The zero-order chi connectivity index (χ0) is 34.2. The number of nitrogens with zero attached hydrogens (tertiary/aromatic N) is 1. The van der Waals surface area contributed by atoms with Gasteiger partial charge in [0, 0.05) is 26.4 Å². The molecule has 0 N–H and O–H groups in total. The van der Waals surface area contributed by atoms with Crippen LogP contribution in [0, 0.1) is 0 Å². The molecule has 3 heteroatoms. The molecule has 10 aromatic rings. The molecule has 2 nitrogen and oxygen atoms in total. The Morgan fingerprint density at radius 1 is 0.423 bits per heavy atom. The minimum absolute atomic E-state index is 0.506. The molecule has 0 spiro atoms. The molecule has 0 saturated heterocycles. The van der Waals surface area contributed by atoms with Gasteiger partial charge in [0.1, 0.15) is 11.2 Å². The van der Waals surface area contributed by atoms with E-state index >= 15 is 0 Å². The van der Waals surface area contributed by atoms with Crippen molar-refractivity contribution in [2.75, 3.05) is 4.90 Å². The van der Waals surface area contributed by atoms with Crippen LogP contribution in [0.4, 0.5) is 17.1 Å². The summed E-state index contributed by atoms with van der Waals surface area (Å²) in [5, 5.41) is 4.77. The highest BCUT2D eigenvalue weighted by Crippen LogP contribution is 2.60. The van der Waals surface area contributed by atoms with Crippen molar-refractivity contribution in [1.29, 1.82) is 0 Å². The van der Waals surface area contributed by atoms with Gasteiger partial charge in [-0.3, -0.25) is 0 Å². The van der Waals surface area contributed by atoms with Gasteiger partial charge in [0.2, 0.25) is 0 Å². The van der Waals surface area contributed by atoms with Crippen LogP contribution in [0.3, 0.4) is 0 Å². The molecule has 0 amide bonds. The topological polar surface area (TPSA) is 16.4 Å². The minimum Gasteiger partial charge on any atom is -0.456 e. The van der Waals surface area contributed by atoms with E-state index in [-0.39, 0.29) is 0 Å². The Bertz CT molecular complexity index is 2930. The molecule has 52 heavy (non-hydrogen) atoms. The molecule has 2 aromatic heterocycles. The van der Waals surface area contributed by atoms with Crippen molar-refractivity contribution < 1.29 is 4.42 Å². The van der Waals surface area contributed by atoms with Crippen LogP contribution in [0.25, 0.3) is 53.2 Å². The summed E-state index contributed by atoms with van der Waals surface area (Å²) < 4.78 is 9.07. The van der Waals surface area contributed by atoms with Crippen molar-refractivity contribution in [3.63, 3.8) is 0 Å². The predicted octanol–water partition coefficient (Wildman–Crippen LogP) is 13.8. The summed E-state index contributed by atoms with van der Waals surface area (Å²) in [5.74, 6) is 0. The average Bonchev–Trinajstić information content (AvgIpc) is 3.88. The van der Waals surface area contributed by atoms with Gasteiger partial charge in [-0.1, -0.05) is 152 Å². The van der Waals surface area contributed by atoms with Crippen LogP contribution < -0.4 is 4.90 Å². The van der Waals surface area contributed by atoms with E-state index in [1.165, 1.54) is 53.6 Å². The van der Waals surface area contributed by atoms with Crippen molar-refractivity contribution >= 4 is 70.5 Å². The summed E-state index contributed by atoms with van der Waals surface area (Å²) in [6.07, 6.45) is 0. The van der Waals surface area contributed by atoms with Crippen molar-refractivity contribution in [1.82, 2.24) is 0 Å². The van der Waals surface area contributed by atoms with Crippen molar-refractivity contribution in [2.45, 2.75) is 5.41 Å². The minimum atomic E-state index is -0.506. The van der Waals surface area contributed by atoms with Crippen molar-refractivity contribution in [3.8, 4) is 11.1 Å². The Morgan fingerprint density at radius 2 is 1.00 bits per heavy atom. The van der Waals surface area contributed by atoms with Gasteiger partial charge in [-0.2, -0.15) is 0 Å². The highest BCUT2D eigenvalue weighted by atomic mass is 32.1. The lowest BCUT2D eigenvalue weighted by Crippen LogP contribution is -2.28. The first-order chi connectivity index (χ1) is 25.8. The molecular weight excluding hydrogens is 651 g/mol. The zero-order valence-electron chi connectivity index (χ0n) is 28.2. The van der Waals surface area contributed by atoms with Gasteiger partial charge in [-0.05, 0) is 64.2 Å². The van der Waals surface area contributed by atoms with Crippen molar-refractivity contribution in [2.24, 2.45) is 0 Å². The standard InChI is InChI=1S/C49H31NOS/c1-3-16-32(17-4-1)49(33-18-5-2-6-19-33)38-24-10-7-21-36(38)46-39(49)25-14-26-40(46)50(41-27-15-30-44-47(41)37-22-8-11-29-43(37)51-44)42-28-13-23-35-34-20-9-12-31-45(34)52-48(35)42/h1-31H. The first-order valence-electron chi connectivity index (χ1n) is 17.8. The maximum absolute atomic E-state index is 6.52. The maximum atomic E-state index is 6.52. The maximum Gasteiger partial charge on any atom is 0.137 e. The second kappa shape index (κ2) is 11.3. The molecule has 0 bridgehead atoms. The highest BCUT2D eigenvalue weighted by Gasteiger charge is 2.47. The van der Waals surface area contributed by atoms with Gasteiger partial charge in [0.05, 0.1) is 32.6 Å². The fourth-order valence-corrected chi connectivity index (χ4v) is 10.1. The summed E-state index contributed by atoms with van der Waals surface area (Å²) in [4.78, 5) is 2.52. The molecule has 2 heterocycles. The molecule has 0 saturated carbocycles. The van der Waals surface area contributed by atoms with Gasteiger partial charge in [-0.25, -0.2) is 0 Å². The van der Waals surface area contributed by atoms with E-state index in [1.807, 2.05) is 17.4 Å². The van der Waals surface area contributed by atoms with E-state index in [2.05, 4.69) is 187 Å². The first kappa shape index (κ1) is 29.3. The molecular formula is C49H31NOS. The van der Waals surface area contributed by atoms with Gasteiger partial charge in [0.25, 0.3) is 0 Å². The lowest BCUT2D eigenvalue weighted by atomic mass is 9.68. The third-order valence-corrected chi connectivity index (χ3v) is 12.2. The van der Waals surface area contributed by atoms with Crippen LogP contribution in [0.5, 0.6) is 0 Å². The second-order valence-corrected chi connectivity index (χ2v) is 14.6. The van der Waals surface area contributed by atoms with Gasteiger partial charge >= 0.3 is 0 Å². The number of anilines is 3. The van der Waals surface area contributed by atoms with Crippen LogP contribution in [0.15, 0.2) is 192 Å². The van der Waals surface area contributed by atoms with Gasteiger partial charge in [0.15, 0.2) is 0 Å². The van der Waals surface area contributed by atoms with Crippen LogP contribution in [-0.2, 0) is 5.41 Å². The number of hydrogen-bond acceptors (Lipinski definition) is 3. The highest BCUT2D eigenvalue weighted by molar-refractivity contribution is 7.26. The number of rotatable bonds is 5. The lowest BCUT2D eigenvalue weighted by Gasteiger charge is -2.34. The number of fused-ring (bicyclic) bond motifs is 9. The number of hydrogen-bond donors (Lipinski definition) is 0. The molecule has 1 aliphatic carbocycles. The third-order valence-electron chi connectivity index (χ3n) is 10.9. The summed E-state index contributed by atoms with van der Waals surface area (Å²) in [6.45, 7) is 0. The van der Waals surface area contributed by atoms with Crippen LogP contribution in [0.1, 0.15) is 22.3 Å². The smallest absolute Gasteiger partial charge is 0.137 e. The van der Waals surface area contributed by atoms with E-state index in [1.54, 1.807) is 0 Å². The van der Waals surface area contributed by atoms with E-state index in [9.17, 15) is 0 Å². The number of thiophene rings is 1. The van der Waals surface area contributed by atoms with E-state index in [0.29, 0.717) is 0 Å². The number of furan rings is 1. The van der Waals surface area contributed by atoms with Crippen molar-refractivity contribution in [3.05, 3.63) is 210 Å². The number of para-hydroxylation sites is 1. The summed E-state index contributed by atoms with van der Waals surface area (Å²) in [5.41, 5.74) is 12.2. The van der Waals surface area contributed by atoms with E-state index in [0.717, 1.165) is 39.0 Å². The summed E-state index contributed by atoms with van der Waals surface area (Å²) >= 11 is 1.86. The largest absolute Gasteiger partial charge is 0.456 e. The van der Waals surface area contributed by atoms with E-state index < -0.39 is 5.41 Å².